The van der Waals surface area contributed by atoms with Crippen molar-refractivity contribution < 1.29 is 0 Å². The van der Waals surface area contributed by atoms with Crippen molar-refractivity contribution in [1.29, 1.82) is 0 Å². The summed E-state index contributed by atoms with van der Waals surface area (Å²) < 4.78 is 0. The van der Waals surface area contributed by atoms with Crippen molar-refractivity contribution in [1.82, 2.24) is 20.2 Å². The number of fused-ring (bicyclic) bond motifs is 1. The predicted octanol–water partition coefficient (Wildman–Crippen LogP) is 6.21. The van der Waals surface area contributed by atoms with Crippen LogP contribution in [0.5, 0.6) is 0 Å². The minimum absolute atomic E-state index is 0.632. The summed E-state index contributed by atoms with van der Waals surface area (Å²) in [5.41, 5.74) is 4.25. The van der Waals surface area contributed by atoms with Crippen LogP contribution < -0.4 is 5.32 Å². The summed E-state index contributed by atoms with van der Waals surface area (Å²) in [6.07, 6.45) is 1.75. The van der Waals surface area contributed by atoms with Crippen molar-refractivity contribution in [2.45, 2.75) is 0 Å². The van der Waals surface area contributed by atoms with Crippen molar-refractivity contribution in [3.63, 3.8) is 0 Å². The zero-order valence-electron chi connectivity index (χ0n) is 15.1. The van der Waals surface area contributed by atoms with Gasteiger partial charge in [0.2, 0.25) is 5.13 Å². The first-order valence-electron chi connectivity index (χ1n) is 8.94. The molecule has 5 nitrogen and oxygen atoms in total. The van der Waals surface area contributed by atoms with Crippen LogP contribution in [0.2, 0.25) is 5.02 Å². The maximum Gasteiger partial charge on any atom is 0.210 e. The molecule has 2 aromatic carbocycles. The number of hydrogen-bond acceptors (Lipinski definition) is 6. The molecule has 140 valence electrons. The zero-order chi connectivity index (χ0) is 19.6. The minimum Gasteiger partial charge on any atom is -0.329 e. The van der Waals surface area contributed by atoms with Gasteiger partial charge in [0, 0.05) is 22.7 Å². The molecule has 0 aliphatic rings. The summed E-state index contributed by atoms with van der Waals surface area (Å²) in [6, 6.07) is 23.6. The van der Waals surface area contributed by atoms with Crippen LogP contribution in [-0.2, 0) is 0 Å². The Morgan fingerprint density at radius 3 is 2.55 bits per heavy atom. The molecular formula is C22H14ClN5S. The SMILES string of the molecule is Clc1ccccc1Nc1nnc(-c2cc3cccnc3nc2-c2ccccc2)s1. The number of pyridine rings is 2. The highest BCUT2D eigenvalue weighted by Gasteiger charge is 2.16. The lowest BCUT2D eigenvalue weighted by Crippen LogP contribution is -1.92. The summed E-state index contributed by atoms with van der Waals surface area (Å²) in [4.78, 5) is 9.22. The fourth-order valence-corrected chi connectivity index (χ4v) is 4.00. The van der Waals surface area contributed by atoms with Gasteiger partial charge in [0.1, 0.15) is 0 Å². The van der Waals surface area contributed by atoms with Gasteiger partial charge in [-0.15, -0.1) is 10.2 Å². The van der Waals surface area contributed by atoms with Crippen LogP contribution in [0.4, 0.5) is 10.8 Å². The molecule has 0 saturated heterocycles. The van der Waals surface area contributed by atoms with E-state index in [9.17, 15) is 0 Å². The number of nitrogens with one attached hydrogen (secondary N) is 1. The number of aromatic nitrogens is 4. The first-order chi connectivity index (χ1) is 14.3. The molecule has 7 heteroatoms. The highest BCUT2D eigenvalue weighted by atomic mass is 35.5. The number of hydrogen-bond donors (Lipinski definition) is 1. The molecule has 0 aliphatic heterocycles. The van der Waals surface area contributed by atoms with Gasteiger partial charge in [0.25, 0.3) is 0 Å². The molecule has 0 radical (unpaired) electrons. The fraction of sp³-hybridized carbons (Fsp3) is 0. The summed E-state index contributed by atoms with van der Waals surface area (Å²) in [5.74, 6) is 0. The van der Waals surface area contributed by atoms with E-state index in [4.69, 9.17) is 16.6 Å². The molecule has 1 N–H and O–H groups in total. The summed E-state index contributed by atoms with van der Waals surface area (Å²) in [7, 11) is 0. The molecule has 3 heterocycles. The monoisotopic (exact) mass is 415 g/mol. The highest BCUT2D eigenvalue weighted by molar-refractivity contribution is 7.18. The molecular weight excluding hydrogens is 402 g/mol. The molecule has 0 atom stereocenters. The van der Waals surface area contributed by atoms with Crippen LogP contribution >= 0.6 is 22.9 Å². The number of nitrogens with zero attached hydrogens (tertiary/aromatic N) is 4. The third kappa shape index (κ3) is 3.55. The van der Waals surface area contributed by atoms with Gasteiger partial charge in [0.15, 0.2) is 10.7 Å². The largest absolute Gasteiger partial charge is 0.329 e. The van der Waals surface area contributed by atoms with Crippen molar-refractivity contribution >= 4 is 44.8 Å². The first-order valence-corrected chi connectivity index (χ1v) is 10.1. The zero-order valence-corrected chi connectivity index (χ0v) is 16.7. The Kier molecular flexibility index (Phi) is 4.63. The van der Waals surface area contributed by atoms with Gasteiger partial charge >= 0.3 is 0 Å². The van der Waals surface area contributed by atoms with E-state index in [0.29, 0.717) is 15.8 Å². The summed E-state index contributed by atoms with van der Waals surface area (Å²) in [6.45, 7) is 0. The van der Waals surface area contributed by atoms with E-state index >= 15 is 0 Å². The van der Waals surface area contributed by atoms with E-state index in [1.165, 1.54) is 11.3 Å². The number of benzene rings is 2. The fourth-order valence-electron chi connectivity index (χ4n) is 3.04. The topological polar surface area (TPSA) is 63.6 Å². The highest BCUT2D eigenvalue weighted by Crippen LogP contribution is 2.36. The van der Waals surface area contributed by atoms with Crippen molar-refractivity contribution in [3.05, 3.63) is 84.0 Å². The van der Waals surface area contributed by atoms with Crippen LogP contribution in [0.25, 0.3) is 32.9 Å². The second-order valence-electron chi connectivity index (χ2n) is 6.32. The Morgan fingerprint density at radius 2 is 1.69 bits per heavy atom. The van der Waals surface area contributed by atoms with E-state index in [2.05, 4.69) is 26.6 Å². The number of para-hydroxylation sites is 1. The van der Waals surface area contributed by atoms with Crippen LogP contribution in [0, 0.1) is 0 Å². The van der Waals surface area contributed by atoms with Gasteiger partial charge in [-0.05, 0) is 30.3 Å². The van der Waals surface area contributed by atoms with E-state index in [0.717, 1.165) is 32.9 Å². The Bertz CT molecular complexity index is 1300. The Morgan fingerprint density at radius 1 is 0.862 bits per heavy atom. The van der Waals surface area contributed by atoms with Gasteiger partial charge in [-0.3, -0.25) is 0 Å². The lowest BCUT2D eigenvalue weighted by atomic mass is 10.0. The molecule has 0 unspecified atom stereocenters. The van der Waals surface area contributed by atoms with Gasteiger partial charge in [-0.2, -0.15) is 0 Å². The number of halogens is 1. The molecule has 29 heavy (non-hydrogen) atoms. The molecule has 0 aliphatic carbocycles. The molecule has 5 rings (SSSR count). The van der Waals surface area contributed by atoms with E-state index in [1.54, 1.807) is 6.20 Å². The number of anilines is 2. The molecule has 0 bridgehead atoms. The van der Waals surface area contributed by atoms with Gasteiger partial charge < -0.3 is 5.32 Å². The second-order valence-corrected chi connectivity index (χ2v) is 7.70. The molecule has 0 fully saturated rings. The maximum absolute atomic E-state index is 6.25. The third-order valence-electron chi connectivity index (χ3n) is 4.41. The van der Waals surface area contributed by atoms with E-state index in [1.807, 2.05) is 66.7 Å². The smallest absolute Gasteiger partial charge is 0.210 e. The number of rotatable bonds is 4. The van der Waals surface area contributed by atoms with Crippen LogP contribution in [0.3, 0.4) is 0 Å². The Balaban J connectivity index is 1.61. The van der Waals surface area contributed by atoms with Crippen molar-refractivity contribution in [3.8, 4) is 21.8 Å². The quantitative estimate of drug-likeness (QED) is 0.378. The molecule has 0 saturated carbocycles. The lowest BCUT2D eigenvalue weighted by molar-refractivity contribution is 1.10. The predicted molar refractivity (Wildman–Crippen MR) is 119 cm³/mol. The second kappa shape index (κ2) is 7.58. The third-order valence-corrected chi connectivity index (χ3v) is 5.61. The average molecular weight is 416 g/mol. The first kappa shape index (κ1) is 17.7. The Labute approximate surface area is 176 Å². The van der Waals surface area contributed by atoms with E-state index in [-0.39, 0.29) is 0 Å². The van der Waals surface area contributed by atoms with Gasteiger partial charge in [0.05, 0.1) is 16.4 Å². The standard InChI is InChI=1S/C22H14ClN5S/c23-17-10-4-5-11-18(17)25-22-28-27-21(29-22)16-13-15-9-6-12-24-20(15)26-19(16)14-7-2-1-3-8-14/h1-13H,(H,25,28). The molecule has 0 spiro atoms. The molecule has 3 aromatic heterocycles. The maximum atomic E-state index is 6.25. The van der Waals surface area contributed by atoms with Crippen molar-refractivity contribution in [2.24, 2.45) is 0 Å². The van der Waals surface area contributed by atoms with Gasteiger partial charge in [-0.1, -0.05) is 65.4 Å². The molecule has 5 aromatic rings. The minimum atomic E-state index is 0.632. The van der Waals surface area contributed by atoms with Crippen LogP contribution in [0.1, 0.15) is 0 Å². The van der Waals surface area contributed by atoms with Crippen LogP contribution in [0.15, 0.2) is 79.0 Å². The summed E-state index contributed by atoms with van der Waals surface area (Å²) >= 11 is 7.70. The van der Waals surface area contributed by atoms with E-state index < -0.39 is 0 Å². The normalized spacial score (nSPS) is 10.9. The molecule has 0 amide bonds. The Hall–Kier alpha value is -3.35. The average Bonchev–Trinajstić information content (AvgIpc) is 3.23. The van der Waals surface area contributed by atoms with Gasteiger partial charge in [-0.25, -0.2) is 9.97 Å². The van der Waals surface area contributed by atoms with Crippen molar-refractivity contribution in [2.75, 3.05) is 5.32 Å². The lowest BCUT2D eigenvalue weighted by Gasteiger charge is -2.08. The van der Waals surface area contributed by atoms with Crippen LogP contribution in [-0.4, -0.2) is 20.2 Å². The summed E-state index contributed by atoms with van der Waals surface area (Å²) in [5, 5.41) is 15.0.